The molecule has 1 amide bonds. The molecule has 0 aromatic carbocycles. The Bertz CT molecular complexity index is 1200. The maximum absolute atomic E-state index is 13.2. The normalized spacial score (nSPS) is 19.9. The Morgan fingerprint density at radius 1 is 1.16 bits per heavy atom. The van der Waals surface area contributed by atoms with Crippen LogP contribution in [0.25, 0.3) is 0 Å². The van der Waals surface area contributed by atoms with Crippen molar-refractivity contribution in [3.63, 3.8) is 0 Å². The number of anilines is 3. The number of guanidine groups is 1. The molecule has 204 valence electrons. The fraction of sp³-hybridized carbons (Fsp3) is 0.600. The number of fused-ring (bicyclic) bond motifs is 1. The van der Waals surface area contributed by atoms with E-state index in [0.717, 1.165) is 81.0 Å². The SMILES string of the molecule is CCN1CCN(C(=O)c2csc(N3CCc4c(C(C)/C=N\C(N)=N/C)nc(N5CCOCC5)nc43)n2)CC1. The van der Waals surface area contributed by atoms with Crippen LogP contribution in [0.1, 0.15) is 41.5 Å². The zero-order valence-corrected chi connectivity index (χ0v) is 23.2. The molecule has 0 radical (unpaired) electrons. The number of thiazole rings is 1. The van der Waals surface area contributed by atoms with Crippen LogP contribution in [0.15, 0.2) is 15.4 Å². The van der Waals surface area contributed by atoms with Gasteiger partial charge in [-0.25, -0.2) is 15.0 Å². The lowest BCUT2D eigenvalue weighted by Gasteiger charge is -2.33. The molecule has 3 aliphatic rings. The van der Waals surface area contributed by atoms with E-state index in [4.69, 9.17) is 25.4 Å². The molecule has 5 rings (SSSR count). The highest BCUT2D eigenvalue weighted by atomic mass is 32.1. The highest BCUT2D eigenvalue weighted by Gasteiger charge is 2.32. The molecule has 38 heavy (non-hydrogen) atoms. The highest BCUT2D eigenvalue weighted by Crippen LogP contribution is 2.39. The lowest BCUT2D eigenvalue weighted by atomic mass is 10.0. The smallest absolute Gasteiger partial charge is 0.273 e. The molecule has 2 aromatic heterocycles. The van der Waals surface area contributed by atoms with E-state index in [9.17, 15) is 4.79 Å². The van der Waals surface area contributed by atoms with Gasteiger partial charge in [-0.15, -0.1) is 11.3 Å². The van der Waals surface area contributed by atoms with E-state index in [1.165, 1.54) is 11.3 Å². The number of nitrogens with zero attached hydrogens (tertiary/aromatic N) is 9. The van der Waals surface area contributed by atoms with Crippen LogP contribution in [0, 0.1) is 0 Å². The number of ether oxygens (including phenoxy) is 1. The van der Waals surface area contributed by atoms with Crippen LogP contribution in [0.5, 0.6) is 0 Å². The van der Waals surface area contributed by atoms with Crippen molar-refractivity contribution in [1.82, 2.24) is 24.8 Å². The van der Waals surface area contributed by atoms with Crippen molar-refractivity contribution >= 4 is 46.3 Å². The summed E-state index contributed by atoms with van der Waals surface area (Å²) in [5, 5.41) is 2.65. The van der Waals surface area contributed by atoms with Gasteiger partial charge in [0.1, 0.15) is 11.5 Å². The topological polar surface area (TPSA) is 129 Å². The minimum atomic E-state index is -0.0815. The number of rotatable bonds is 6. The standard InChI is InChI=1S/C25H36N10O2S/c1-4-32-7-9-33(10-8-32)22(36)19-16-38-25(29-19)35-6-5-18-20(17(2)15-28-23(26)27-3)30-24(31-21(18)35)34-11-13-37-14-12-34/h15-17H,4-14H2,1-3H3,(H2,26,27)/b28-15-. The van der Waals surface area contributed by atoms with Crippen molar-refractivity contribution in [2.24, 2.45) is 15.7 Å². The predicted molar refractivity (Wildman–Crippen MR) is 150 cm³/mol. The number of hydrogen-bond acceptors (Lipinski definition) is 10. The number of morpholine rings is 1. The minimum absolute atomic E-state index is 0.0000618. The number of aliphatic imine (C=N–C) groups is 2. The van der Waals surface area contributed by atoms with E-state index >= 15 is 0 Å². The van der Waals surface area contributed by atoms with Crippen LogP contribution in [0.4, 0.5) is 16.9 Å². The average molecular weight is 541 g/mol. The number of amides is 1. The van der Waals surface area contributed by atoms with Gasteiger partial charge in [0.2, 0.25) is 11.9 Å². The second-order valence-corrected chi connectivity index (χ2v) is 10.4. The van der Waals surface area contributed by atoms with Crippen molar-refractivity contribution < 1.29 is 9.53 Å². The third-order valence-corrected chi connectivity index (χ3v) is 8.14. The van der Waals surface area contributed by atoms with Gasteiger partial charge >= 0.3 is 0 Å². The van der Waals surface area contributed by atoms with E-state index in [2.05, 4.69) is 38.5 Å². The summed E-state index contributed by atoms with van der Waals surface area (Å²) in [5.41, 5.74) is 8.30. The van der Waals surface area contributed by atoms with Gasteiger partial charge in [-0.1, -0.05) is 13.8 Å². The molecule has 5 heterocycles. The van der Waals surface area contributed by atoms with Gasteiger partial charge < -0.3 is 30.1 Å². The molecule has 1 unspecified atom stereocenters. The Morgan fingerprint density at radius 2 is 1.92 bits per heavy atom. The van der Waals surface area contributed by atoms with Gasteiger partial charge in [0.15, 0.2) is 5.13 Å². The fourth-order valence-electron chi connectivity index (χ4n) is 4.97. The molecule has 3 aliphatic heterocycles. The second-order valence-electron chi connectivity index (χ2n) is 9.60. The van der Waals surface area contributed by atoms with Crippen molar-refractivity contribution in [3.05, 3.63) is 22.3 Å². The first-order valence-corrected chi connectivity index (χ1v) is 14.1. The lowest BCUT2D eigenvalue weighted by molar-refractivity contribution is 0.0638. The van der Waals surface area contributed by atoms with Crippen LogP contribution in [-0.4, -0.2) is 115 Å². The Kier molecular flexibility index (Phi) is 8.15. The van der Waals surface area contributed by atoms with E-state index in [-0.39, 0.29) is 17.8 Å². The molecule has 1 atom stereocenters. The van der Waals surface area contributed by atoms with Crippen molar-refractivity contribution in [2.45, 2.75) is 26.2 Å². The van der Waals surface area contributed by atoms with E-state index < -0.39 is 0 Å². The Balaban J connectivity index is 1.43. The maximum atomic E-state index is 13.2. The number of carbonyl (C=O) groups excluding carboxylic acids is 1. The molecule has 12 nitrogen and oxygen atoms in total. The number of nitrogens with two attached hydrogens (primary N) is 1. The zero-order chi connectivity index (χ0) is 26.6. The summed E-state index contributed by atoms with van der Waals surface area (Å²) in [6.45, 7) is 12.0. The number of carbonyl (C=O) groups is 1. The number of piperazine rings is 1. The average Bonchev–Trinajstić information content (AvgIpc) is 3.62. The van der Waals surface area contributed by atoms with Gasteiger partial charge in [-0.05, 0) is 13.0 Å². The Labute approximate surface area is 227 Å². The lowest BCUT2D eigenvalue weighted by Crippen LogP contribution is -2.48. The minimum Gasteiger partial charge on any atom is -0.378 e. The zero-order valence-electron chi connectivity index (χ0n) is 22.3. The molecule has 0 aliphatic carbocycles. The van der Waals surface area contributed by atoms with Crippen molar-refractivity contribution in [3.8, 4) is 0 Å². The first-order valence-electron chi connectivity index (χ1n) is 13.2. The van der Waals surface area contributed by atoms with E-state index in [1.807, 2.05) is 10.3 Å². The second kappa shape index (κ2) is 11.7. The summed E-state index contributed by atoms with van der Waals surface area (Å²) in [7, 11) is 1.62. The molecule has 13 heteroatoms. The van der Waals surface area contributed by atoms with Crippen LogP contribution < -0.4 is 15.5 Å². The third kappa shape index (κ3) is 5.49. The van der Waals surface area contributed by atoms with Crippen LogP contribution in [-0.2, 0) is 11.2 Å². The number of hydrogen-bond donors (Lipinski definition) is 1. The summed E-state index contributed by atoms with van der Waals surface area (Å²) in [6.07, 6.45) is 2.57. The van der Waals surface area contributed by atoms with Gasteiger partial charge in [-0.2, -0.15) is 4.98 Å². The van der Waals surface area contributed by atoms with Gasteiger partial charge in [0, 0.05) is 75.9 Å². The predicted octanol–water partition coefficient (Wildman–Crippen LogP) is 1.36. The van der Waals surface area contributed by atoms with Crippen LogP contribution in [0.2, 0.25) is 0 Å². The van der Waals surface area contributed by atoms with Gasteiger partial charge in [-0.3, -0.25) is 9.79 Å². The van der Waals surface area contributed by atoms with E-state index in [1.54, 1.807) is 13.3 Å². The molecule has 2 N–H and O–H groups in total. The van der Waals surface area contributed by atoms with Crippen molar-refractivity contribution in [1.29, 1.82) is 0 Å². The van der Waals surface area contributed by atoms with Crippen LogP contribution >= 0.6 is 11.3 Å². The molecular formula is C25H36N10O2S. The summed E-state index contributed by atoms with van der Waals surface area (Å²) in [4.78, 5) is 44.7. The monoisotopic (exact) mass is 540 g/mol. The van der Waals surface area contributed by atoms with E-state index in [0.29, 0.717) is 24.9 Å². The molecule has 2 saturated heterocycles. The molecular weight excluding hydrogens is 504 g/mol. The Hall–Kier alpha value is -3.16. The highest BCUT2D eigenvalue weighted by molar-refractivity contribution is 7.14. The first kappa shape index (κ1) is 26.4. The summed E-state index contributed by atoms with van der Waals surface area (Å²) >= 11 is 1.48. The third-order valence-electron chi connectivity index (χ3n) is 7.28. The first-order chi connectivity index (χ1) is 18.5. The fourth-order valence-corrected chi connectivity index (χ4v) is 5.80. The summed E-state index contributed by atoms with van der Waals surface area (Å²) in [6, 6.07) is 0. The summed E-state index contributed by atoms with van der Waals surface area (Å²) in [5.74, 6) is 1.67. The van der Waals surface area contributed by atoms with Gasteiger partial charge in [0.05, 0.1) is 18.9 Å². The van der Waals surface area contributed by atoms with Crippen LogP contribution in [0.3, 0.4) is 0 Å². The largest absolute Gasteiger partial charge is 0.378 e. The molecule has 2 aromatic rings. The maximum Gasteiger partial charge on any atom is 0.273 e. The van der Waals surface area contributed by atoms with Crippen molar-refractivity contribution in [2.75, 3.05) is 82.4 Å². The molecule has 0 bridgehead atoms. The molecule has 0 spiro atoms. The molecule has 2 fully saturated rings. The molecule has 0 saturated carbocycles. The Morgan fingerprint density at radius 3 is 2.63 bits per heavy atom. The number of likely N-dealkylation sites (N-methyl/N-ethyl adjacent to an activating group) is 1. The summed E-state index contributed by atoms with van der Waals surface area (Å²) < 4.78 is 5.54. The van der Waals surface area contributed by atoms with Gasteiger partial charge in [0.25, 0.3) is 5.91 Å². The number of aromatic nitrogens is 3. The quantitative estimate of drug-likeness (QED) is 0.426.